The summed E-state index contributed by atoms with van der Waals surface area (Å²) in [4.78, 5) is 0. The highest BCUT2D eigenvalue weighted by molar-refractivity contribution is 5.66. The number of hydrogen-bond acceptors (Lipinski definition) is 2. The summed E-state index contributed by atoms with van der Waals surface area (Å²) in [6, 6.07) is 7.04. The van der Waals surface area contributed by atoms with E-state index >= 15 is 0 Å². The van der Waals surface area contributed by atoms with Crippen LogP contribution in [0.25, 0.3) is 11.1 Å². The lowest BCUT2D eigenvalue weighted by molar-refractivity contribution is -0.142. The molecule has 1 aromatic carbocycles. The van der Waals surface area contributed by atoms with Crippen LogP contribution in [0.15, 0.2) is 35.1 Å². The van der Waals surface area contributed by atoms with E-state index in [0.717, 1.165) is 18.2 Å². The molecule has 0 aliphatic carbocycles. The Bertz CT molecular complexity index is 558. The minimum atomic E-state index is -4.50. The number of benzene rings is 1. The fraction of sp³-hybridized carbons (Fsp3) is 0.357. The Labute approximate surface area is 109 Å². The van der Waals surface area contributed by atoms with Gasteiger partial charge in [-0.05, 0) is 23.5 Å². The second-order valence-electron chi connectivity index (χ2n) is 4.87. The first-order valence-corrected chi connectivity index (χ1v) is 5.99. The molecule has 0 radical (unpaired) electrons. The molecule has 19 heavy (non-hydrogen) atoms. The van der Waals surface area contributed by atoms with Crippen LogP contribution >= 0.6 is 0 Å². The zero-order chi connectivity index (χ0) is 14.0. The van der Waals surface area contributed by atoms with Gasteiger partial charge in [0.05, 0.1) is 5.56 Å². The summed E-state index contributed by atoms with van der Waals surface area (Å²) in [5.74, 6) is 0.444. The van der Waals surface area contributed by atoms with E-state index in [1.807, 2.05) is 6.07 Å². The lowest BCUT2D eigenvalue weighted by atomic mass is 9.98. The Kier molecular flexibility index (Phi) is 3.64. The zero-order valence-electron chi connectivity index (χ0n) is 10.7. The number of alkyl halides is 3. The van der Waals surface area contributed by atoms with Crippen molar-refractivity contribution < 1.29 is 17.7 Å². The molecule has 0 aliphatic heterocycles. The highest BCUT2D eigenvalue weighted by Gasteiger charge is 2.37. The van der Waals surface area contributed by atoms with Gasteiger partial charge in [-0.3, -0.25) is 0 Å². The summed E-state index contributed by atoms with van der Waals surface area (Å²) in [6.45, 7) is 4.13. The summed E-state index contributed by atoms with van der Waals surface area (Å²) < 4.78 is 42.7. The lowest BCUT2D eigenvalue weighted by Gasteiger charge is -2.08. The van der Waals surface area contributed by atoms with Crippen molar-refractivity contribution in [1.29, 1.82) is 0 Å². The van der Waals surface area contributed by atoms with Crippen molar-refractivity contribution in [2.24, 2.45) is 5.92 Å². The summed E-state index contributed by atoms with van der Waals surface area (Å²) in [5.41, 5.74) is 0.487. The average molecular weight is 269 g/mol. The Morgan fingerprint density at radius 2 is 2.00 bits per heavy atom. The molecule has 0 N–H and O–H groups in total. The van der Waals surface area contributed by atoms with Crippen molar-refractivity contribution >= 4 is 0 Å². The van der Waals surface area contributed by atoms with Crippen LogP contribution in [0.1, 0.15) is 25.1 Å². The van der Waals surface area contributed by atoms with Gasteiger partial charge in [-0.25, -0.2) is 0 Å². The number of halogens is 3. The fourth-order valence-corrected chi connectivity index (χ4v) is 1.98. The number of hydrogen-bond donors (Lipinski definition) is 0. The molecule has 1 heterocycles. The van der Waals surface area contributed by atoms with E-state index in [4.69, 9.17) is 0 Å². The summed E-state index contributed by atoms with van der Waals surface area (Å²) >= 11 is 0. The van der Waals surface area contributed by atoms with Crippen LogP contribution in [0.4, 0.5) is 13.2 Å². The van der Waals surface area contributed by atoms with Crippen molar-refractivity contribution in [2.45, 2.75) is 26.4 Å². The van der Waals surface area contributed by atoms with Gasteiger partial charge < -0.3 is 4.52 Å². The van der Waals surface area contributed by atoms with Gasteiger partial charge in [-0.2, -0.15) is 13.2 Å². The normalized spacial score (nSPS) is 12.1. The SMILES string of the molecule is CC(C)Cc1cccc(-c2conc2C(F)(F)F)c1. The number of nitrogens with zero attached hydrogens (tertiary/aromatic N) is 1. The van der Waals surface area contributed by atoms with Crippen LogP contribution in [-0.4, -0.2) is 5.16 Å². The van der Waals surface area contributed by atoms with E-state index in [0.29, 0.717) is 11.5 Å². The maximum Gasteiger partial charge on any atom is 0.437 e. The third kappa shape index (κ3) is 3.16. The molecule has 102 valence electrons. The van der Waals surface area contributed by atoms with Gasteiger partial charge in [0.1, 0.15) is 6.26 Å². The van der Waals surface area contributed by atoms with Crippen LogP contribution in [-0.2, 0) is 12.6 Å². The van der Waals surface area contributed by atoms with Crippen LogP contribution < -0.4 is 0 Å². The third-order valence-corrected chi connectivity index (χ3v) is 2.72. The maximum absolute atomic E-state index is 12.8. The van der Waals surface area contributed by atoms with Crippen molar-refractivity contribution in [1.82, 2.24) is 5.16 Å². The standard InChI is InChI=1S/C14H14F3NO/c1-9(2)6-10-4-3-5-11(7-10)12-8-19-18-13(12)14(15,16)17/h3-5,7-9H,6H2,1-2H3. The lowest BCUT2D eigenvalue weighted by Crippen LogP contribution is -2.07. The van der Waals surface area contributed by atoms with E-state index in [9.17, 15) is 13.2 Å². The predicted octanol–water partition coefficient (Wildman–Crippen LogP) is 4.56. The molecule has 5 heteroatoms. The molecule has 0 spiro atoms. The molecule has 2 rings (SSSR count). The number of rotatable bonds is 3. The molecular formula is C14H14F3NO. The molecule has 0 aliphatic rings. The Morgan fingerprint density at radius 1 is 1.26 bits per heavy atom. The van der Waals surface area contributed by atoms with Crippen LogP contribution in [0.3, 0.4) is 0 Å². The molecule has 0 amide bonds. The Balaban J connectivity index is 2.40. The van der Waals surface area contributed by atoms with Crippen LogP contribution in [0, 0.1) is 5.92 Å². The van der Waals surface area contributed by atoms with E-state index in [1.54, 1.807) is 18.2 Å². The summed E-state index contributed by atoms with van der Waals surface area (Å²) in [7, 11) is 0. The number of aromatic nitrogens is 1. The molecule has 0 saturated heterocycles. The first kappa shape index (κ1) is 13.6. The van der Waals surface area contributed by atoms with E-state index in [2.05, 4.69) is 23.5 Å². The maximum atomic E-state index is 12.8. The highest BCUT2D eigenvalue weighted by Crippen LogP contribution is 2.36. The third-order valence-electron chi connectivity index (χ3n) is 2.72. The molecule has 1 aromatic heterocycles. The van der Waals surface area contributed by atoms with Crippen molar-refractivity contribution in [3.63, 3.8) is 0 Å². The molecule has 0 atom stereocenters. The Hall–Kier alpha value is -1.78. The van der Waals surface area contributed by atoms with Gasteiger partial charge in [0.2, 0.25) is 0 Å². The first-order chi connectivity index (χ1) is 8.88. The topological polar surface area (TPSA) is 26.0 Å². The zero-order valence-corrected chi connectivity index (χ0v) is 10.7. The second kappa shape index (κ2) is 5.07. The molecule has 0 fully saturated rings. The monoisotopic (exact) mass is 269 g/mol. The fourth-order valence-electron chi connectivity index (χ4n) is 1.98. The predicted molar refractivity (Wildman–Crippen MR) is 65.5 cm³/mol. The van der Waals surface area contributed by atoms with Gasteiger partial charge in [-0.1, -0.05) is 43.3 Å². The van der Waals surface area contributed by atoms with Gasteiger partial charge in [0.25, 0.3) is 0 Å². The van der Waals surface area contributed by atoms with Crippen molar-refractivity contribution in [3.8, 4) is 11.1 Å². The van der Waals surface area contributed by atoms with Gasteiger partial charge in [0.15, 0.2) is 5.69 Å². The minimum absolute atomic E-state index is 0.0156. The minimum Gasteiger partial charge on any atom is -0.363 e. The van der Waals surface area contributed by atoms with Crippen LogP contribution in [0.5, 0.6) is 0 Å². The van der Waals surface area contributed by atoms with E-state index in [1.165, 1.54) is 0 Å². The molecule has 2 nitrogen and oxygen atoms in total. The van der Waals surface area contributed by atoms with E-state index in [-0.39, 0.29) is 5.56 Å². The summed E-state index contributed by atoms with van der Waals surface area (Å²) in [5, 5.41) is 3.05. The summed E-state index contributed by atoms with van der Waals surface area (Å²) in [6.07, 6.45) is -2.64. The molecule has 0 saturated carbocycles. The van der Waals surface area contributed by atoms with E-state index < -0.39 is 11.9 Å². The first-order valence-electron chi connectivity index (χ1n) is 5.99. The molecular weight excluding hydrogens is 255 g/mol. The van der Waals surface area contributed by atoms with Crippen molar-refractivity contribution in [2.75, 3.05) is 0 Å². The van der Waals surface area contributed by atoms with Gasteiger partial charge in [-0.15, -0.1) is 0 Å². The van der Waals surface area contributed by atoms with Gasteiger partial charge >= 0.3 is 6.18 Å². The highest BCUT2D eigenvalue weighted by atomic mass is 19.4. The van der Waals surface area contributed by atoms with Crippen molar-refractivity contribution in [3.05, 3.63) is 41.8 Å². The molecule has 2 aromatic rings. The largest absolute Gasteiger partial charge is 0.437 e. The molecule has 0 bridgehead atoms. The average Bonchev–Trinajstić information content (AvgIpc) is 2.76. The Morgan fingerprint density at radius 3 is 2.63 bits per heavy atom. The molecule has 0 unspecified atom stereocenters. The van der Waals surface area contributed by atoms with Gasteiger partial charge in [0, 0.05) is 0 Å². The quantitative estimate of drug-likeness (QED) is 0.816. The second-order valence-corrected chi connectivity index (χ2v) is 4.87. The van der Waals surface area contributed by atoms with Crippen LogP contribution in [0.2, 0.25) is 0 Å². The smallest absolute Gasteiger partial charge is 0.363 e.